The van der Waals surface area contributed by atoms with E-state index >= 15 is 0 Å². The molecule has 106 valence electrons. The van der Waals surface area contributed by atoms with Crippen LogP contribution in [0.2, 0.25) is 0 Å². The van der Waals surface area contributed by atoms with E-state index in [0.29, 0.717) is 13.2 Å². The van der Waals surface area contributed by atoms with Crippen LogP contribution in [0.4, 0.5) is 0 Å². The van der Waals surface area contributed by atoms with Crippen LogP contribution in [0.3, 0.4) is 0 Å². The maximum Gasteiger partial charge on any atom is 0.254 e. The van der Waals surface area contributed by atoms with E-state index in [9.17, 15) is 4.79 Å². The van der Waals surface area contributed by atoms with E-state index in [-0.39, 0.29) is 18.1 Å². The first-order valence-corrected chi connectivity index (χ1v) is 7.18. The van der Waals surface area contributed by atoms with Gasteiger partial charge in [-0.15, -0.1) is 0 Å². The second-order valence-corrected chi connectivity index (χ2v) is 5.44. The number of ether oxygens (including phenoxy) is 1. The number of aromatic nitrogens is 1. The Kier molecular flexibility index (Phi) is 3.49. The highest BCUT2D eigenvalue weighted by atomic mass is 16.5. The topological polar surface area (TPSA) is 45.3 Å². The molecule has 1 aliphatic rings. The van der Waals surface area contributed by atoms with Gasteiger partial charge < -0.3 is 14.6 Å². The molecule has 0 aliphatic carbocycles. The summed E-state index contributed by atoms with van der Waals surface area (Å²) in [5, 5.41) is 1.07. The van der Waals surface area contributed by atoms with Crippen molar-refractivity contribution in [3.05, 3.63) is 36.0 Å². The van der Waals surface area contributed by atoms with Gasteiger partial charge in [0.15, 0.2) is 0 Å². The zero-order chi connectivity index (χ0) is 14.1. The van der Waals surface area contributed by atoms with E-state index in [1.54, 1.807) is 0 Å². The third-order valence-corrected chi connectivity index (χ3v) is 4.00. The molecule has 3 rings (SSSR count). The fraction of sp³-hybridized carbons (Fsp3) is 0.438. The van der Waals surface area contributed by atoms with E-state index in [1.807, 2.05) is 42.3 Å². The molecule has 20 heavy (non-hydrogen) atoms. The van der Waals surface area contributed by atoms with Crippen LogP contribution in [0, 0.1) is 0 Å². The maximum atomic E-state index is 12.7. The Morgan fingerprint density at radius 3 is 3.10 bits per heavy atom. The number of nitrogens with one attached hydrogen (secondary N) is 1. The van der Waals surface area contributed by atoms with Crippen LogP contribution in [0.25, 0.3) is 10.9 Å². The minimum Gasteiger partial charge on any atom is -0.375 e. The maximum absolute atomic E-state index is 12.7. The summed E-state index contributed by atoms with van der Waals surface area (Å²) >= 11 is 0. The van der Waals surface area contributed by atoms with Crippen molar-refractivity contribution in [3.63, 3.8) is 0 Å². The van der Waals surface area contributed by atoms with Crippen molar-refractivity contribution in [2.24, 2.45) is 0 Å². The summed E-state index contributed by atoms with van der Waals surface area (Å²) in [4.78, 5) is 17.8. The fourth-order valence-corrected chi connectivity index (χ4v) is 2.78. The smallest absolute Gasteiger partial charge is 0.254 e. The van der Waals surface area contributed by atoms with Crippen molar-refractivity contribution in [3.8, 4) is 0 Å². The zero-order valence-electron chi connectivity index (χ0n) is 11.9. The minimum absolute atomic E-state index is 0.107. The van der Waals surface area contributed by atoms with Gasteiger partial charge in [0, 0.05) is 29.2 Å². The van der Waals surface area contributed by atoms with Gasteiger partial charge in [-0.3, -0.25) is 4.79 Å². The van der Waals surface area contributed by atoms with Gasteiger partial charge in [-0.25, -0.2) is 0 Å². The van der Waals surface area contributed by atoms with Gasteiger partial charge in [0.25, 0.3) is 5.91 Å². The Hall–Kier alpha value is -1.81. The van der Waals surface area contributed by atoms with E-state index in [4.69, 9.17) is 4.74 Å². The van der Waals surface area contributed by atoms with Crippen molar-refractivity contribution >= 4 is 16.8 Å². The van der Waals surface area contributed by atoms with Crippen LogP contribution in [-0.4, -0.2) is 41.1 Å². The van der Waals surface area contributed by atoms with Crippen LogP contribution in [0.15, 0.2) is 30.5 Å². The van der Waals surface area contributed by atoms with Crippen molar-refractivity contribution < 1.29 is 9.53 Å². The lowest BCUT2D eigenvalue weighted by atomic mass is 10.1. The molecule has 0 radical (unpaired) electrons. The molecule has 0 spiro atoms. The third kappa shape index (κ3) is 2.31. The number of carbonyl (C=O) groups excluding carboxylic acids is 1. The average molecular weight is 272 g/mol. The first-order valence-electron chi connectivity index (χ1n) is 7.18. The molecule has 2 aromatic rings. The largest absolute Gasteiger partial charge is 0.375 e. The van der Waals surface area contributed by atoms with Crippen LogP contribution in [0.5, 0.6) is 0 Å². The Balaban J connectivity index is 1.89. The Labute approximate surface area is 118 Å². The number of aromatic amines is 1. The number of benzene rings is 1. The van der Waals surface area contributed by atoms with Gasteiger partial charge in [-0.1, -0.05) is 6.92 Å². The lowest BCUT2D eigenvalue weighted by molar-refractivity contribution is -0.0443. The number of H-pyrrole nitrogens is 1. The molecule has 1 amide bonds. The normalized spacial score (nSPS) is 23.2. The summed E-state index contributed by atoms with van der Waals surface area (Å²) < 4.78 is 5.66. The monoisotopic (exact) mass is 272 g/mol. The fourth-order valence-electron chi connectivity index (χ4n) is 2.78. The van der Waals surface area contributed by atoms with E-state index in [0.717, 1.165) is 22.9 Å². The molecule has 4 nitrogen and oxygen atoms in total. The zero-order valence-corrected chi connectivity index (χ0v) is 11.9. The molecular formula is C16H20N2O2. The van der Waals surface area contributed by atoms with Crippen LogP contribution >= 0.6 is 0 Å². The summed E-state index contributed by atoms with van der Waals surface area (Å²) in [7, 11) is 0. The van der Waals surface area contributed by atoms with Gasteiger partial charge in [0.05, 0.1) is 18.8 Å². The van der Waals surface area contributed by atoms with Gasteiger partial charge in [-0.05, 0) is 37.6 Å². The molecule has 2 heterocycles. The van der Waals surface area contributed by atoms with Crippen molar-refractivity contribution in [2.45, 2.75) is 32.4 Å². The third-order valence-electron chi connectivity index (χ3n) is 4.00. The summed E-state index contributed by atoms with van der Waals surface area (Å²) in [6.45, 7) is 5.42. The molecule has 2 atom stereocenters. The summed E-state index contributed by atoms with van der Waals surface area (Å²) in [5.41, 5.74) is 1.81. The molecule has 1 aromatic heterocycles. The van der Waals surface area contributed by atoms with Gasteiger partial charge in [0.2, 0.25) is 0 Å². The Morgan fingerprint density at radius 2 is 2.30 bits per heavy atom. The molecule has 1 aliphatic heterocycles. The van der Waals surface area contributed by atoms with Crippen molar-refractivity contribution in [1.29, 1.82) is 0 Å². The molecule has 4 heteroatoms. The number of amides is 1. The molecule has 0 bridgehead atoms. The number of fused-ring (bicyclic) bond motifs is 1. The number of hydrogen-bond donors (Lipinski definition) is 1. The first-order chi connectivity index (χ1) is 9.69. The summed E-state index contributed by atoms with van der Waals surface area (Å²) in [6.07, 6.45) is 2.92. The van der Waals surface area contributed by atoms with E-state index < -0.39 is 0 Å². The van der Waals surface area contributed by atoms with E-state index in [2.05, 4.69) is 11.9 Å². The quantitative estimate of drug-likeness (QED) is 0.913. The lowest BCUT2D eigenvalue weighted by Crippen LogP contribution is -2.51. The standard InChI is InChI=1S/C16H20N2O2/c1-3-14-10-20-11(2)9-18(14)16(19)13-4-5-15-12(8-13)6-7-17-15/h4-8,11,14,17H,3,9-10H2,1-2H3. The second-order valence-electron chi connectivity index (χ2n) is 5.44. The van der Waals surface area contributed by atoms with Crippen molar-refractivity contribution in [1.82, 2.24) is 9.88 Å². The Bertz CT molecular complexity index is 620. The highest BCUT2D eigenvalue weighted by molar-refractivity contribution is 5.98. The highest BCUT2D eigenvalue weighted by Gasteiger charge is 2.29. The second kappa shape index (κ2) is 5.29. The molecule has 1 N–H and O–H groups in total. The SMILES string of the molecule is CCC1COC(C)CN1C(=O)c1ccc2[nH]ccc2c1. The number of carbonyl (C=O) groups is 1. The van der Waals surface area contributed by atoms with Crippen LogP contribution < -0.4 is 0 Å². The lowest BCUT2D eigenvalue weighted by Gasteiger charge is -2.38. The number of morpholine rings is 1. The van der Waals surface area contributed by atoms with Crippen LogP contribution in [-0.2, 0) is 4.74 Å². The van der Waals surface area contributed by atoms with Gasteiger partial charge >= 0.3 is 0 Å². The minimum atomic E-state index is 0.107. The van der Waals surface area contributed by atoms with Gasteiger partial charge in [-0.2, -0.15) is 0 Å². The molecule has 0 saturated carbocycles. The number of rotatable bonds is 2. The summed E-state index contributed by atoms with van der Waals surface area (Å²) in [6, 6.07) is 7.99. The predicted molar refractivity (Wildman–Crippen MR) is 78.8 cm³/mol. The average Bonchev–Trinajstić information content (AvgIpc) is 2.93. The van der Waals surface area contributed by atoms with Crippen molar-refractivity contribution in [2.75, 3.05) is 13.2 Å². The Morgan fingerprint density at radius 1 is 1.45 bits per heavy atom. The van der Waals surface area contributed by atoms with Gasteiger partial charge in [0.1, 0.15) is 0 Å². The first kappa shape index (κ1) is 13.2. The molecule has 1 fully saturated rings. The molecular weight excluding hydrogens is 252 g/mol. The molecule has 1 aromatic carbocycles. The molecule has 2 unspecified atom stereocenters. The van der Waals surface area contributed by atoms with E-state index in [1.165, 1.54) is 0 Å². The predicted octanol–water partition coefficient (Wildman–Crippen LogP) is 2.81. The highest BCUT2D eigenvalue weighted by Crippen LogP contribution is 2.20. The number of nitrogens with zero attached hydrogens (tertiary/aromatic N) is 1. The number of hydrogen-bond acceptors (Lipinski definition) is 2. The summed E-state index contributed by atoms with van der Waals surface area (Å²) in [5.74, 6) is 0.107. The van der Waals surface area contributed by atoms with Crippen LogP contribution in [0.1, 0.15) is 30.6 Å². The molecule has 1 saturated heterocycles.